The van der Waals surface area contributed by atoms with Crippen LogP contribution in [0.4, 0.5) is 0 Å². The van der Waals surface area contributed by atoms with Gasteiger partial charge in [-0.3, -0.25) is 4.68 Å². The predicted molar refractivity (Wildman–Crippen MR) is 90.0 cm³/mol. The van der Waals surface area contributed by atoms with Crippen molar-refractivity contribution in [1.82, 2.24) is 15.1 Å². The zero-order chi connectivity index (χ0) is 14.8. The van der Waals surface area contributed by atoms with E-state index >= 15 is 0 Å². The molecule has 0 fully saturated rings. The van der Waals surface area contributed by atoms with Crippen molar-refractivity contribution in [2.45, 2.75) is 78.3 Å². The summed E-state index contributed by atoms with van der Waals surface area (Å²) >= 11 is 3.65. The maximum atomic E-state index is 4.44. The summed E-state index contributed by atoms with van der Waals surface area (Å²) in [6, 6.07) is 0.419. The van der Waals surface area contributed by atoms with E-state index in [4.69, 9.17) is 0 Å². The molecular formula is C16H30BrN3. The molecule has 3 nitrogen and oxygen atoms in total. The molecule has 1 atom stereocenters. The molecule has 0 saturated heterocycles. The first-order valence-electron chi connectivity index (χ1n) is 8.19. The second-order valence-corrected chi connectivity index (χ2v) is 6.21. The first kappa shape index (κ1) is 17.7. The number of aryl methyl sites for hydroxylation is 1. The highest BCUT2D eigenvalue weighted by molar-refractivity contribution is 9.10. The molecule has 0 aliphatic carbocycles. The van der Waals surface area contributed by atoms with E-state index in [1.54, 1.807) is 0 Å². The molecule has 1 unspecified atom stereocenters. The van der Waals surface area contributed by atoms with Gasteiger partial charge >= 0.3 is 0 Å². The van der Waals surface area contributed by atoms with Crippen molar-refractivity contribution >= 4 is 15.9 Å². The molecule has 0 aliphatic heterocycles. The lowest BCUT2D eigenvalue weighted by molar-refractivity contribution is 0.441. The number of halogens is 1. The minimum absolute atomic E-state index is 0.419. The zero-order valence-corrected chi connectivity index (χ0v) is 14.9. The summed E-state index contributed by atoms with van der Waals surface area (Å²) in [6.45, 7) is 8.53. The van der Waals surface area contributed by atoms with Crippen molar-refractivity contribution in [2.75, 3.05) is 6.54 Å². The average molecular weight is 344 g/mol. The second kappa shape index (κ2) is 10.4. The molecule has 0 aliphatic rings. The van der Waals surface area contributed by atoms with Crippen LogP contribution < -0.4 is 5.32 Å². The second-order valence-electron chi connectivity index (χ2n) is 5.36. The molecule has 20 heavy (non-hydrogen) atoms. The molecule has 4 heteroatoms. The maximum absolute atomic E-state index is 4.44. The Morgan fingerprint density at radius 3 is 2.50 bits per heavy atom. The predicted octanol–water partition coefficient (Wildman–Crippen LogP) is 5.07. The van der Waals surface area contributed by atoms with Gasteiger partial charge in [-0.25, -0.2) is 0 Å². The molecule has 1 N–H and O–H groups in total. The summed E-state index contributed by atoms with van der Waals surface area (Å²) in [4.78, 5) is 0. The SMILES string of the molecule is CCCCCCCCC(NCC)c1c(Br)cnn1CC. The van der Waals surface area contributed by atoms with Crippen LogP contribution in [0.1, 0.15) is 77.5 Å². The van der Waals surface area contributed by atoms with Gasteiger partial charge in [-0.05, 0) is 35.8 Å². The maximum Gasteiger partial charge on any atom is 0.0695 e. The Morgan fingerprint density at radius 2 is 1.85 bits per heavy atom. The molecule has 0 spiro atoms. The highest BCUT2D eigenvalue weighted by Crippen LogP contribution is 2.27. The Balaban J connectivity index is 2.49. The van der Waals surface area contributed by atoms with Gasteiger partial charge < -0.3 is 5.32 Å². The molecular weight excluding hydrogens is 314 g/mol. The lowest BCUT2D eigenvalue weighted by Crippen LogP contribution is -2.24. The Labute approximate surface area is 132 Å². The molecule has 0 saturated carbocycles. The molecule has 116 valence electrons. The number of unbranched alkanes of at least 4 members (excludes halogenated alkanes) is 5. The highest BCUT2D eigenvalue weighted by atomic mass is 79.9. The Morgan fingerprint density at radius 1 is 1.15 bits per heavy atom. The lowest BCUT2D eigenvalue weighted by atomic mass is 10.0. The number of nitrogens with zero attached hydrogens (tertiary/aromatic N) is 2. The van der Waals surface area contributed by atoms with Crippen LogP contribution in [0.2, 0.25) is 0 Å². The standard InChI is InChI=1S/C16H30BrN3/c1-4-7-8-9-10-11-12-15(18-5-2)16-14(17)13-19-20(16)6-3/h13,15,18H,4-12H2,1-3H3. The van der Waals surface area contributed by atoms with Gasteiger partial charge in [0, 0.05) is 6.54 Å². The van der Waals surface area contributed by atoms with Crippen molar-refractivity contribution in [3.05, 3.63) is 16.4 Å². The number of nitrogens with one attached hydrogen (secondary N) is 1. The number of aromatic nitrogens is 2. The van der Waals surface area contributed by atoms with Crippen LogP contribution in [-0.4, -0.2) is 16.3 Å². The van der Waals surface area contributed by atoms with Crippen LogP contribution in [0.5, 0.6) is 0 Å². The fourth-order valence-electron chi connectivity index (χ4n) is 2.68. The molecule has 0 radical (unpaired) electrons. The molecule has 1 rings (SSSR count). The highest BCUT2D eigenvalue weighted by Gasteiger charge is 2.18. The summed E-state index contributed by atoms with van der Waals surface area (Å²) in [5.74, 6) is 0. The third kappa shape index (κ3) is 5.57. The molecule has 0 amide bonds. The number of rotatable bonds is 11. The van der Waals surface area contributed by atoms with Crippen LogP contribution in [-0.2, 0) is 6.54 Å². The van der Waals surface area contributed by atoms with Gasteiger partial charge in [0.2, 0.25) is 0 Å². The van der Waals surface area contributed by atoms with E-state index < -0.39 is 0 Å². The van der Waals surface area contributed by atoms with E-state index in [0.717, 1.165) is 17.6 Å². The first-order chi connectivity index (χ1) is 9.74. The van der Waals surface area contributed by atoms with Crippen LogP contribution in [0.15, 0.2) is 10.7 Å². The minimum atomic E-state index is 0.419. The molecule has 0 bridgehead atoms. The van der Waals surface area contributed by atoms with Crippen molar-refractivity contribution in [1.29, 1.82) is 0 Å². The third-order valence-corrected chi connectivity index (χ3v) is 4.37. The number of hydrogen-bond acceptors (Lipinski definition) is 2. The van der Waals surface area contributed by atoms with Crippen molar-refractivity contribution < 1.29 is 0 Å². The fourth-order valence-corrected chi connectivity index (χ4v) is 3.25. The first-order valence-corrected chi connectivity index (χ1v) is 8.98. The zero-order valence-electron chi connectivity index (χ0n) is 13.3. The van der Waals surface area contributed by atoms with Crippen LogP contribution in [0, 0.1) is 0 Å². The van der Waals surface area contributed by atoms with Gasteiger partial charge in [-0.15, -0.1) is 0 Å². The molecule has 1 heterocycles. The molecule has 0 aromatic carbocycles. The smallest absolute Gasteiger partial charge is 0.0695 e. The Kier molecular flexibility index (Phi) is 9.19. The fraction of sp³-hybridized carbons (Fsp3) is 0.812. The van der Waals surface area contributed by atoms with Crippen LogP contribution in [0.3, 0.4) is 0 Å². The summed E-state index contributed by atoms with van der Waals surface area (Å²) < 4.78 is 3.24. The minimum Gasteiger partial charge on any atom is -0.309 e. The van der Waals surface area contributed by atoms with E-state index in [9.17, 15) is 0 Å². The third-order valence-electron chi connectivity index (χ3n) is 3.76. The van der Waals surface area contributed by atoms with E-state index in [-0.39, 0.29) is 0 Å². The van der Waals surface area contributed by atoms with Gasteiger partial charge in [0.25, 0.3) is 0 Å². The van der Waals surface area contributed by atoms with Crippen molar-refractivity contribution in [2.24, 2.45) is 0 Å². The van der Waals surface area contributed by atoms with Crippen LogP contribution >= 0.6 is 15.9 Å². The quantitative estimate of drug-likeness (QED) is 0.568. The van der Waals surface area contributed by atoms with Crippen molar-refractivity contribution in [3.63, 3.8) is 0 Å². The van der Waals surface area contributed by atoms with Gasteiger partial charge in [-0.1, -0.05) is 52.4 Å². The van der Waals surface area contributed by atoms with Gasteiger partial charge in [0.15, 0.2) is 0 Å². The summed E-state index contributed by atoms with van der Waals surface area (Å²) in [6.07, 6.45) is 11.2. The van der Waals surface area contributed by atoms with E-state index in [1.165, 1.54) is 50.6 Å². The lowest BCUT2D eigenvalue weighted by Gasteiger charge is -2.20. The molecule has 1 aromatic heterocycles. The number of hydrogen-bond donors (Lipinski definition) is 1. The van der Waals surface area contributed by atoms with Gasteiger partial charge in [0.05, 0.1) is 22.4 Å². The molecule has 1 aromatic rings. The summed E-state index contributed by atoms with van der Waals surface area (Å²) in [7, 11) is 0. The summed E-state index contributed by atoms with van der Waals surface area (Å²) in [5, 5.41) is 8.05. The van der Waals surface area contributed by atoms with E-state index in [1.807, 2.05) is 6.20 Å². The largest absolute Gasteiger partial charge is 0.309 e. The topological polar surface area (TPSA) is 29.9 Å². The van der Waals surface area contributed by atoms with Gasteiger partial charge in [-0.2, -0.15) is 5.10 Å². The normalized spacial score (nSPS) is 12.8. The Hall–Kier alpha value is -0.350. The van der Waals surface area contributed by atoms with Gasteiger partial charge in [0.1, 0.15) is 0 Å². The van der Waals surface area contributed by atoms with E-state index in [2.05, 4.69) is 51.8 Å². The van der Waals surface area contributed by atoms with Crippen molar-refractivity contribution in [3.8, 4) is 0 Å². The van der Waals surface area contributed by atoms with E-state index in [0.29, 0.717) is 6.04 Å². The monoisotopic (exact) mass is 343 g/mol. The average Bonchev–Trinajstić information content (AvgIpc) is 2.82. The summed E-state index contributed by atoms with van der Waals surface area (Å²) in [5.41, 5.74) is 1.31. The van der Waals surface area contributed by atoms with Crippen LogP contribution in [0.25, 0.3) is 0 Å². The Bertz CT molecular complexity index is 363.